The first-order chi connectivity index (χ1) is 9.34. The van der Waals surface area contributed by atoms with E-state index in [4.69, 9.17) is 0 Å². The third-order valence-electron chi connectivity index (χ3n) is 3.54. The molecule has 3 rings (SSSR count). The number of nitrogens with one attached hydrogen (secondary N) is 1. The van der Waals surface area contributed by atoms with E-state index in [9.17, 15) is 4.79 Å². The lowest BCUT2D eigenvalue weighted by Crippen LogP contribution is -2.23. The molecule has 0 aliphatic heterocycles. The van der Waals surface area contributed by atoms with Gasteiger partial charge in [0.15, 0.2) is 0 Å². The molecule has 1 N–H and O–H groups in total. The van der Waals surface area contributed by atoms with Crippen LogP contribution < -0.4 is 5.32 Å². The lowest BCUT2D eigenvalue weighted by molar-refractivity contribution is -0.120. The maximum Gasteiger partial charge on any atom is 0.227 e. The average Bonchev–Trinajstić information content (AvgIpc) is 2.48. The summed E-state index contributed by atoms with van der Waals surface area (Å²) < 4.78 is 0. The van der Waals surface area contributed by atoms with Crippen molar-refractivity contribution in [1.29, 1.82) is 0 Å². The number of rotatable bonds is 2. The van der Waals surface area contributed by atoms with E-state index >= 15 is 0 Å². The molecule has 0 saturated heterocycles. The Morgan fingerprint density at radius 3 is 3.00 bits per heavy atom. The number of benzene rings is 1. The number of carbonyl (C=O) groups is 1. The Hall–Kier alpha value is -2.16. The largest absolute Gasteiger partial charge is 0.325 e. The predicted octanol–water partition coefficient (Wildman–Crippen LogP) is 3.53. The van der Waals surface area contributed by atoms with Gasteiger partial charge in [0.25, 0.3) is 0 Å². The first-order valence-electron chi connectivity index (χ1n) is 6.64. The van der Waals surface area contributed by atoms with Gasteiger partial charge in [0.2, 0.25) is 5.91 Å². The van der Waals surface area contributed by atoms with Crippen LogP contribution in [0.1, 0.15) is 19.3 Å². The Balaban J connectivity index is 1.85. The summed E-state index contributed by atoms with van der Waals surface area (Å²) in [6.45, 7) is 0. The Morgan fingerprint density at radius 1 is 1.21 bits per heavy atom. The first-order valence-corrected chi connectivity index (χ1v) is 6.64. The first kappa shape index (κ1) is 11.9. The van der Waals surface area contributed by atoms with Crippen LogP contribution in [-0.4, -0.2) is 10.9 Å². The number of hydrogen-bond acceptors (Lipinski definition) is 2. The molecule has 0 bridgehead atoms. The highest BCUT2D eigenvalue weighted by atomic mass is 16.1. The molecule has 19 heavy (non-hydrogen) atoms. The van der Waals surface area contributed by atoms with Gasteiger partial charge < -0.3 is 5.32 Å². The van der Waals surface area contributed by atoms with Crippen LogP contribution in [0.2, 0.25) is 0 Å². The van der Waals surface area contributed by atoms with Gasteiger partial charge in [-0.3, -0.25) is 9.78 Å². The molecule has 3 nitrogen and oxygen atoms in total. The van der Waals surface area contributed by atoms with Crippen molar-refractivity contribution < 1.29 is 4.79 Å². The van der Waals surface area contributed by atoms with Crippen molar-refractivity contribution in [2.45, 2.75) is 19.3 Å². The third kappa shape index (κ3) is 2.50. The molecule has 1 aromatic heterocycles. The van der Waals surface area contributed by atoms with Gasteiger partial charge in [0.1, 0.15) is 0 Å². The van der Waals surface area contributed by atoms with Crippen molar-refractivity contribution in [2.75, 3.05) is 5.32 Å². The van der Waals surface area contributed by atoms with E-state index < -0.39 is 0 Å². The number of anilines is 1. The summed E-state index contributed by atoms with van der Waals surface area (Å²) in [5.74, 6) is 0.206. The van der Waals surface area contributed by atoms with Crippen LogP contribution >= 0.6 is 0 Å². The average molecular weight is 252 g/mol. The fourth-order valence-corrected chi connectivity index (χ4v) is 2.48. The van der Waals surface area contributed by atoms with E-state index in [2.05, 4.69) is 22.5 Å². The molecule has 0 spiro atoms. The highest BCUT2D eigenvalue weighted by molar-refractivity contribution is 6.01. The molecular formula is C16H16N2O. The zero-order chi connectivity index (χ0) is 13.1. The van der Waals surface area contributed by atoms with Gasteiger partial charge in [0, 0.05) is 17.5 Å². The summed E-state index contributed by atoms with van der Waals surface area (Å²) in [7, 11) is 0. The second-order valence-corrected chi connectivity index (χ2v) is 4.85. The van der Waals surface area contributed by atoms with E-state index in [-0.39, 0.29) is 11.8 Å². The summed E-state index contributed by atoms with van der Waals surface area (Å²) in [6.07, 6.45) is 8.78. The lowest BCUT2D eigenvalue weighted by atomic mass is 9.93. The van der Waals surface area contributed by atoms with Gasteiger partial charge in [0.05, 0.1) is 11.2 Å². The number of allylic oxidation sites excluding steroid dienone is 2. The summed E-state index contributed by atoms with van der Waals surface area (Å²) in [6, 6.07) is 9.68. The molecule has 1 amide bonds. The molecule has 1 atom stereocenters. The van der Waals surface area contributed by atoms with E-state index in [0.29, 0.717) is 0 Å². The standard InChI is InChI=1S/C16H16N2O/c19-16(12-6-2-1-3-7-12)18-15-10-4-9-14-13(15)8-5-11-17-14/h1-2,4-5,8-12H,3,6-7H2,(H,18,19)/t12-/m0/s1. The smallest absolute Gasteiger partial charge is 0.227 e. The number of carbonyl (C=O) groups excluding carboxylic acids is 1. The van der Waals surface area contributed by atoms with Crippen LogP contribution in [0.15, 0.2) is 48.7 Å². The third-order valence-corrected chi connectivity index (χ3v) is 3.54. The maximum atomic E-state index is 12.2. The molecule has 3 heteroatoms. The van der Waals surface area contributed by atoms with Crippen LogP contribution in [0.5, 0.6) is 0 Å². The van der Waals surface area contributed by atoms with Gasteiger partial charge in [-0.2, -0.15) is 0 Å². The molecule has 1 aliphatic carbocycles. The Bertz CT molecular complexity index is 628. The number of fused-ring (bicyclic) bond motifs is 1. The SMILES string of the molecule is O=C(Nc1cccc2ncccc12)[C@H]1CC=CCC1. The number of nitrogens with zero attached hydrogens (tertiary/aromatic N) is 1. The van der Waals surface area contributed by atoms with Crippen molar-refractivity contribution in [3.63, 3.8) is 0 Å². The van der Waals surface area contributed by atoms with Crippen LogP contribution in [0.3, 0.4) is 0 Å². The molecule has 2 aromatic rings. The fraction of sp³-hybridized carbons (Fsp3) is 0.250. The maximum absolute atomic E-state index is 12.2. The van der Waals surface area contributed by atoms with E-state index in [0.717, 1.165) is 35.9 Å². The quantitative estimate of drug-likeness (QED) is 0.831. The number of pyridine rings is 1. The van der Waals surface area contributed by atoms with Gasteiger partial charge in [-0.25, -0.2) is 0 Å². The van der Waals surface area contributed by atoms with Crippen molar-refractivity contribution >= 4 is 22.5 Å². The van der Waals surface area contributed by atoms with Crippen molar-refractivity contribution in [2.24, 2.45) is 5.92 Å². The molecule has 0 radical (unpaired) electrons. The Morgan fingerprint density at radius 2 is 2.16 bits per heavy atom. The minimum atomic E-state index is 0.0944. The summed E-state index contributed by atoms with van der Waals surface area (Å²) in [5, 5.41) is 4.03. The van der Waals surface area contributed by atoms with Gasteiger partial charge in [-0.1, -0.05) is 18.2 Å². The predicted molar refractivity (Wildman–Crippen MR) is 76.9 cm³/mol. The normalized spacial score (nSPS) is 18.4. The molecule has 0 fully saturated rings. The molecule has 0 saturated carbocycles. The summed E-state index contributed by atoms with van der Waals surface area (Å²) in [4.78, 5) is 16.5. The van der Waals surface area contributed by atoms with Gasteiger partial charge in [-0.05, 0) is 43.5 Å². The highest BCUT2D eigenvalue weighted by Gasteiger charge is 2.19. The van der Waals surface area contributed by atoms with E-state index in [1.54, 1.807) is 6.20 Å². The molecule has 1 aromatic carbocycles. The number of amides is 1. The molecule has 1 heterocycles. The molecule has 1 aliphatic rings. The topological polar surface area (TPSA) is 42.0 Å². The highest BCUT2D eigenvalue weighted by Crippen LogP contribution is 2.24. The number of hydrogen-bond donors (Lipinski definition) is 1. The Kier molecular flexibility index (Phi) is 3.27. The lowest BCUT2D eigenvalue weighted by Gasteiger charge is -2.17. The van der Waals surface area contributed by atoms with Crippen LogP contribution in [-0.2, 0) is 4.79 Å². The second kappa shape index (κ2) is 5.22. The van der Waals surface area contributed by atoms with Crippen LogP contribution in [0.4, 0.5) is 5.69 Å². The molecule has 96 valence electrons. The monoisotopic (exact) mass is 252 g/mol. The van der Waals surface area contributed by atoms with E-state index in [1.165, 1.54) is 0 Å². The van der Waals surface area contributed by atoms with Gasteiger partial charge >= 0.3 is 0 Å². The van der Waals surface area contributed by atoms with Crippen LogP contribution in [0, 0.1) is 5.92 Å². The minimum absolute atomic E-state index is 0.0944. The molecule has 0 unspecified atom stereocenters. The van der Waals surface area contributed by atoms with Gasteiger partial charge in [-0.15, -0.1) is 0 Å². The molecular weight excluding hydrogens is 236 g/mol. The second-order valence-electron chi connectivity index (χ2n) is 4.85. The zero-order valence-electron chi connectivity index (χ0n) is 10.7. The number of aromatic nitrogens is 1. The van der Waals surface area contributed by atoms with E-state index in [1.807, 2.05) is 30.3 Å². The van der Waals surface area contributed by atoms with Crippen molar-refractivity contribution in [1.82, 2.24) is 4.98 Å². The minimum Gasteiger partial charge on any atom is -0.325 e. The summed E-state index contributed by atoms with van der Waals surface area (Å²) >= 11 is 0. The Labute approximate surface area is 112 Å². The summed E-state index contributed by atoms with van der Waals surface area (Å²) in [5.41, 5.74) is 1.76. The van der Waals surface area contributed by atoms with Crippen LogP contribution in [0.25, 0.3) is 10.9 Å². The van der Waals surface area contributed by atoms with Crippen molar-refractivity contribution in [3.8, 4) is 0 Å². The van der Waals surface area contributed by atoms with Crippen molar-refractivity contribution in [3.05, 3.63) is 48.7 Å². The zero-order valence-corrected chi connectivity index (χ0v) is 10.7. The fourth-order valence-electron chi connectivity index (χ4n) is 2.48.